The average Bonchev–Trinajstić information content (AvgIpc) is 4.09. The van der Waals surface area contributed by atoms with Crippen LogP contribution >= 0.6 is 57.5 Å². The molecular weight excluding hydrogens is 819 g/mol. The van der Waals surface area contributed by atoms with Crippen molar-refractivity contribution in [3.05, 3.63) is 103 Å². The van der Waals surface area contributed by atoms with Crippen molar-refractivity contribution in [1.29, 1.82) is 0 Å². The van der Waals surface area contributed by atoms with Gasteiger partial charge in [-0.25, -0.2) is 9.97 Å². The fraction of sp³-hybridized carbons (Fsp3) is 0.200. The molecule has 2 aliphatic heterocycles. The lowest BCUT2D eigenvalue weighted by Gasteiger charge is -2.27. The minimum atomic E-state index is -0.521. The zero-order valence-electron chi connectivity index (χ0n) is 30.2. The van der Waals surface area contributed by atoms with Gasteiger partial charge in [0.1, 0.15) is 30.6 Å². The van der Waals surface area contributed by atoms with Crippen LogP contribution in [0.4, 0.5) is 16.2 Å². The fourth-order valence-corrected chi connectivity index (χ4v) is 12.4. The lowest BCUT2D eigenvalue weighted by molar-refractivity contribution is -0.132. The number of nitrogens with zero attached hydrogens (tertiary/aromatic N) is 7. The van der Waals surface area contributed by atoms with Gasteiger partial charge in [0.25, 0.3) is 23.2 Å². The smallest absolute Gasteiger partial charge is 0.294 e. The second-order valence-electron chi connectivity index (χ2n) is 13.9. The van der Waals surface area contributed by atoms with E-state index in [0.717, 1.165) is 66.3 Å². The molecule has 2 unspecified atom stereocenters. The molecule has 0 bridgehead atoms. The number of aryl methyl sites for hydroxylation is 1. The summed E-state index contributed by atoms with van der Waals surface area (Å²) in [6.07, 6.45) is 8.93. The van der Waals surface area contributed by atoms with E-state index in [9.17, 15) is 19.2 Å². The standard InChI is InChI=1S/C40H29N7O5S5/c1-20-6-9-22(10-7-20)47-28-5-3-4-24(28)27-14-21(8-13-29(27)47)31-17-42-36(54-31)26-12-11-25(32-33(26)44-57-43-32)35-41-16-23(53-35)15-30-37(49)46(18-52-19-48)39(55-30)34-38(50)45(2)40(51)56-34/h6-17,19,24,28H,3-5,18H2,1-2H3/b30-15+,39-34+. The van der Waals surface area contributed by atoms with Crippen molar-refractivity contribution in [3.8, 4) is 31.6 Å². The van der Waals surface area contributed by atoms with Gasteiger partial charge in [-0.3, -0.25) is 28.6 Å². The number of carbonyl (C=O) groups is 3. The van der Waals surface area contributed by atoms with Crippen molar-refractivity contribution in [2.75, 3.05) is 11.9 Å². The van der Waals surface area contributed by atoms with Crippen LogP contribution in [0.2, 0.25) is 0 Å². The Hall–Kier alpha value is -5.33. The fourth-order valence-electron chi connectivity index (χ4n) is 7.88. The molecule has 0 N–H and O–H groups in total. The molecule has 2 amide bonds. The third-order valence-corrected chi connectivity index (χ3v) is 15.5. The Morgan fingerprint density at radius 2 is 1.65 bits per heavy atom. The Labute approximate surface area is 344 Å². The van der Waals surface area contributed by atoms with Crippen molar-refractivity contribution in [3.63, 3.8) is 0 Å². The maximum absolute atomic E-state index is 13.5. The Bertz CT molecular complexity index is 2980. The van der Waals surface area contributed by atoms with Crippen LogP contribution in [0.5, 0.6) is 0 Å². The van der Waals surface area contributed by atoms with Crippen LogP contribution in [0.15, 0.2) is 71.8 Å². The van der Waals surface area contributed by atoms with Gasteiger partial charge >= 0.3 is 0 Å². The molecule has 2 fully saturated rings. The molecule has 1 saturated carbocycles. The monoisotopic (exact) mass is 847 g/mol. The Morgan fingerprint density at radius 1 is 0.895 bits per heavy atom. The van der Waals surface area contributed by atoms with Crippen LogP contribution in [0.1, 0.15) is 41.2 Å². The Morgan fingerprint density at radius 3 is 2.39 bits per heavy atom. The molecule has 4 aromatic heterocycles. The molecule has 3 aliphatic rings. The van der Waals surface area contributed by atoms with E-state index in [-0.39, 0.29) is 16.0 Å². The molecule has 0 radical (unpaired) electrons. The highest BCUT2D eigenvalue weighted by atomic mass is 32.2. The summed E-state index contributed by atoms with van der Waals surface area (Å²) >= 11 is 5.94. The number of benzene rings is 3. The molecule has 3 aromatic carbocycles. The van der Waals surface area contributed by atoms with E-state index < -0.39 is 23.4 Å². The topological polar surface area (TPSA) is 140 Å². The minimum absolute atomic E-state index is 0.106. The third-order valence-electron chi connectivity index (χ3n) is 10.6. The van der Waals surface area contributed by atoms with Crippen LogP contribution in [-0.2, 0) is 21.1 Å². The zero-order valence-corrected chi connectivity index (χ0v) is 34.3. The number of rotatable bonds is 8. The number of thioether (sulfide) groups is 1. The van der Waals surface area contributed by atoms with Gasteiger partial charge in [0, 0.05) is 58.8 Å². The lowest BCUT2D eigenvalue weighted by atomic mass is 9.96. The van der Waals surface area contributed by atoms with Gasteiger partial charge in [-0.05, 0) is 85.1 Å². The van der Waals surface area contributed by atoms with E-state index in [4.69, 9.17) is 9.72 Å². The predicted octanol–water partition coefficient (Wildman–Crippen LogP) is 7.32. The van der Waals surface area contributed by atoms with E-state index in [1.54, 1.807) is 23.6 Å². The number of anilines is 2. The summed E-state index contributed by atoms with van der Waals surface area (Å²) in [5.41, 5.74) is 9.12. The van der Waals surface area contributed by atoms with Gasteiger partial charge < -0.3 is 9.64 Å². The highest BCUT2D eigenvalue weighted by Crippen LogP contribution is 2.53. The Balaban J connectivity index is 0.958. The van der Waals surface area contributed by atoms with Gasteiger partial charge in [0.05, 0.1) is 21.1 Å². The number of aromatic nitrogens is 5. The molecule has 12 nitrogen and oxygen atoms in total. The maximum Gasteiger partial charge on any atom is 0.294 e. The number of hydrogen-bond donors (Lipinski definition) is 0. The van der Waals surface area contributed by atoms with E-state index in [1.807, 2.05) is 18.3 Å². The highest BCUT2D eigenvalue weighted by Gasteiger charge is 2.42. The van der Waals surface area contributed by atoms with Crippen molar-refractivity contribution >= 4 is 109 Å². The summed E-state index contributed by atoms with van der Waals surface area (Å²) in [5, 5.41) is 1.10. The number of imide groups is 1. The molecule has 10 rings (SSSR count). The van der Waals surface area contributed by atoms with Crippen LogP contribution < -0.4 is 19.7 Å². The van der Waals surface area contributed by atoms with Crippen LogP contribution in [0.25, 0.3) is 53.6 Å². The van der Waals surface area contributed by atoms with Crippen LogP contribution in [-0.4, -0.2) is 58.9 Å². The van der Waals surface area contributed by atoms with Crippen molar-refractivity contribution < 1.29 is 19.1 Å². The summed E-state index contributed by atoms with van der Waals surface area (Å²) in [4.78, 5) is 64.4. The van der Waals surface area contributed by atoms with E-state index in [2.05, 4.69) is 68.0 Å². The summed E-state index contributed by atoms with van der Waals surface area (Å²) in [7, 11) is 1.38. The number of hydrogen-bond acceptors (Lipinski definition) is 15. The summed E-state index contributed by atoms with van der Waals surface area (Å²) < 4.78 is 16.0. The molecule has 17 heteroatoms. The van der Waals surface area contributed by atoms with Gasteiger partial charge in [0.15, 0.2) is 6.73 Å². The predicted molar refractivity (Wildman–Crippen MR) is 226 cm³/mol. The first-order valence-electron chi connectivity index (χ1n) is 18.0. The van der Waals surface area contributed by atoms with Crippen molar-refractivity contribution in [2.45, 2.75) is 44.9 Å². The third kappa shape index (κ3) is 6.07. The second kappa shape index (κ2) is 14.2. The van der Waals surface area contributed by atoms with Crippen LogP contribution in [0.3, 0.4) is 0 Å². The van der Waals surface area contributed by atoms with Crippen LogP contribution in [0, 0.1) is 6.92 Å². The molecule has 7 aromatic rings. The molecule has 0 spiro atoms. The SMILES string of the molecule is Cc1ccc(N2c3ccc(-c4cnc(-c5ccc(-c6ncc(/C=c7/s/c(=C8/SC(=O)N(C)C8=O)n(COC=O)c7=O)s6)c6nsnc56)s4)cc3C3CCCC32)cc1. The summed E-state index contributed by atoms with van der Waals surface area (Å²) in [5.74, 6) is -0.00257. The van der Waals surface area contributed by atoms with E-state index in [1.165, 1.54) is 70.3 Å². The lowest BCUT2D eigenvalue weighted by Crippen LogP contribution is -2.33. The molecule has 2 atom stereocenters. The number of amides is 2. The minimum Gasteiger partial charge on any atom is -0.446 e. The highest BCUT2D eigenvalue weighted by molar-refractivity contribution is 8.23. The first-order chi connectivity index (χ1) is 27.8. The molecule has 1 aliphatic carbocycles. The normalized spacial score (nSPS) is 18.9. The van der Waals surface area contributed by atoms with Gasteiger partial charge in [-0.15, -0.1) is 34.0 Å². The summed E-state index contributed by atoms with van der Waals surface area (Å²) in [6.45, 7) is 1.96. The Kier molecular flexibility index (Phi) is 9.01. The van der Waals surface area contributed by atoms with E-state index >= 15 is 0 Å². The van der Waals surface area contributed by atoms with Gasteiger partial charge in [0.2, 0.25) is 0 Å². The molecule has 1 saturated heterocycles. The van der Waals surface area contributed by atoms with Crippen molar-refractivity contribution in [2.24, 2.45) is 0 Å². The first kappa shape index (κ1) is 36.0. The zero-order chi connectivity index (χ0) is 38.9. The van der Waals surface area contributed by atoms with E-state index in [0.29, 0.717) is 31.9 Å². The summed E-state index contributed by atoms with van der Waals surface area (Å²) in [6, 6.07) is 20.2. The van der Waals surface area contributed by atoms with Gasteiger partial charge in [-0.1, -0.05) is 30.2 Å². The largest absolute Gasteiger partial charge is 0.446 e. The molecule has 57 heavy (non-hydrogen) atoms. The second-order valence-corrected chi connectivity index (χ2v) is 18.5. The maximum atomic E-state index is 13.5. The number of fused-ring (bicyclic) bond motifs is 4. The van der Waals surface area contributed by atoms with Crippen molar-refractivity contribution in [1.82, 2.24) is 28.2 Å². The molecular formula is C40H29N7O5S5. The molecule has 284 valence electrons. The number of ether oxygens (including phenoxy) is 1. The first-order valence-corrected chi connectivity index (χ1v) is 22.0. The number of carbonyl (C=O) groups excluding carboxylic acids is 3. The number of thiazole rings is 3. The average molecular weight is 848 g/mol. The van der Waals surface area contributed by atoms with Gasteiger partial charge in [-0.2, -0.15) is 8.75 Å². The molecule has 6 heterocycles. The quantitative estimate of drug-likeness (QED) is 0.142.